The van der Waals surface area contributed by atoms with Crippen LogP contribution in [0.15, 0.2) is 24.3 Å². The van der Waals surface area contributed by atoms with Crippen molar-refractivity contribution in [1.29, 1.82) is 0 Å². The summed E-state index contributed by atoms with van der Waals surface area (Å²) >= 11 is 14.8. The van der Waals surface area contributed by atoms with E-state index in [1.807, 2.05) is 0 Å². The maximum absolute atomic E-state index is 12.1. The van der Waals surface area contributed by atoms with E-state index < -0.39 is 20.9 Å². The second kappa shape index (κ2) is 5.81. The van der Waals surface area contributed by atoms with Crippen LogP contribution in [0.25, 0.3) is 0 Å². The molecule has 19 heavy (non-hydrogen) atoms. The lowest BCUT2D eigenvalue weighted by atomic mass is 9.88. The molecular formula is C13H14BrCl2NO2. The highest BCUT2D eigenvalue weighted by atomic mass is 79.9. The molecule has 1 amide bonds. The minimum atomic E-state index is -1.80. The first-order chi connectivity index (χ1) is 8.55. The van der Waals surface area contributed by atoms with E-state index in [4.69, 9.17) is 23.2 Å². The van der Waals surface area contributed by atoms with Crippen molar-refractivity contribution in [2.45, 2.75) is 24.6 Å². The monoisotopic (exact) mass is 365 g/mol. The molecule has 0 radical (unpaired) electrons. The van der Waals surface area contributed by atoms with Gasteiger partial charge in [-0.15, -0.1) is 0 Å². The Morgan fingerprint density at radius 2 is 1.84 bits per heavy atom. The summed E-state index contributed by atoms with van der Waals surface area (Å²) in [6, 6.07) is 6.60. The average molecular weight is 367 g/mol. The van der Waals surface area contributed by atoms with Crippen LogP contribution >= 0.6 is 39.1 Å². The zero-order valence-electron chi connectivity index (χ0n) is 10.8. The molecule has 1 N–H and O–H groups in total. The van der Waals surface area contributed by atoms with Crippen LogP contribution in [0.1, 0.15) is 20.8 Å². The van der Waals surface area contributed by atoms with Crippen molar-refractivity contribution in [1.82, 2.24) is 0 Å². The van der Waals surface area contributed by atoms with Gasteiger partial charge in [0.2, 0.25) is 3.78 Å². The predicted molar refractivity (Wildman–Crippen MR) is 82.1 cm³/mol. The normalized spacial score (nSPS) is 14.6. The maximum atomic E-state index is 12.1. The highest BCUT2D eigenvalue weighted by Gasteiger charge is 2.46. The van der Waals surface area contributed by atoms with Gasteiger partial charge in [-0.3, -0.25) is 9.59 Å². The number of rotatable bonds is 3. The molecule has 0 aromatic heterocycles. The molecule has 1 atom stereocenters. The van der Waals surface area contributed by atoms with Gasteiger partial charge in [-0.2, -0.15) is 0 Å². The van der Waals surface area contributed by atoms with Gasteiger partial charge in [0.05, 0.1) is 0 Å². The molecule has 0 saturated heterocycles. The Bertz CT molecular complexity index is 510. The number of alkyl halides is 2. The van der Waals surface area contributed by atoms with Crippen LogP contribution in [0.4, 0.5) is 5.69 Å². The Hall–Kier alpha value is -0.580. The zero-order valence-corrected chi connectivity index (χ0v) is 13.9. The van der Waals surface area contributed by atoms with Gasteiger partial charge >= 0.3 is 0 Å². The SMILES string of the molecule is CC(C)(C)C(=O)C(Cl)(Br)C(=O)Nc1cccc(Cl)c1. The summed E-state index contributed by atoms with van der Waals surface area (Å²) < 4.78 is -1.80. The van der Waals surface area contributed by atoms with Crippen molar-refractivity contribution in [3.05, 3.63) is 29.3 Å². The Kier molecular flexibility index (Phi) is 5.04. The highest BCUT2D eigenvalue weighted by Crippen LogP contribution is 2.34. The molecule has 0 saturated carbocycles. The number of hydrogen-bond donors (Lipinski definition) is 1. The molecular weight excluding hydrogens is 353 g/mol. The van der Waals surface area contributed by atoms with E-state index in [-0.39, 0.29) is 0 Å². The van der Waals surface area contributed by atoms with E-state index in [1.165, 1.54) is 0 Å². The van der Waals surface area contributed by atoms with Crippen molar-refractivity contribution in [3.8, 4) is 0 Å². The van der Waals surface area contributed by atoms with Crippen molar-refractivity contribution in [2.24, 2.45) is 5.41 Å². The van der Waals surface area contributed by atoms with Gasteiger partial charge in [-0.25, -0.2) is 0 Å². The third kappa shape index (κ3) is 4.20. The largest absolute Gasteiger partial charge is 0.323 e. The third-order valence-corrected chi connectivity index (χ3v) is 3.63. The Balaban J connectivity index is 2.91. The third-order valence-electron chi connectivity index (χ3n) is 2.33. The molecule has 6 heteroatoms. The number of nitrogens with one attached hydrogen (secondary N) is 1. The molecule has 0 heterocycles. The number of benzene rings is 1. The smallest absolute Gasteiger partial charge is 0.264 e. The van der Waals surface area contributed by atoms with Gasteiger partial charge in [-0.1, -0.05) is 50.0 Å². The highest BCUT2D eigenvalue weighted by molar-refractivity contribution is 9.11. The summed E-state index contributed by atoms with van der Waals surface area (Å²) in [6.45, 7) is 5.08. The van der Waals surface area contributed by atoms with Crippen LogP contribution in [-0.2, 0) is 9.59 Å². The Morgan fingerprint density at radius 1 is 1.26 bits per heavy atom. The molecule has 0 aliphatic heterocycles. The van der Waals surface area contributed by atoms with Gasteiger partial charge in [0.15, 0.2) is 5.78 Å². The van der Waals surface area contributed by atoms with Gasteiger partial charge in [0.25, 0.3) is 5.91 Å². The minimum absolute atomic E-state index is 0.416. The summed E-state index contributed by atoms with van der Waals surface area (Å²) in [7, 11) is 0. The first-order valence-corrected chi connectivity index (χ1v) is 7.10. The van der Waals surface area contributed by atoms with Crippen LogP contribution in [0.3, 0.4) is 0 Å². The zero-order chi connectivity index (χ0) is 14.8. The van der Waals surface area contributed by atoms with Crippen LogP contribution in [0.5, 0.6) is 0 Å². The Morgan fingerprint density at radius 3 is 2.32 bits per heavy atom. The first kappa shape index (κ1) is 16.5. The van der Waals surface area contributed by atoms with Crippen molar-refractivity contribution in [2.75, 3.05) is 5.32 Å². The van der Waals surface area contributed by atoms with Crippen LogP contribution in [0.2, 0.25) is 5.02 Å². The second-order valence-electron chi connectivity index (χ2n) is 5.12. The number of hydrogen-bond acceptors (Lipinski definition) is 2. The van der Waals surface area contributed by atoms with Crippen molar-refractivity contribution < 1.29 is 9.59 Å². The van der Waals surface area contributed by atoms with Crippen molar-refractivity contribution in [3.63, 3.8) is 0 Å². The number of halogens is 3. The van der Waals surface area contributed by atoms with E-state index in [0.29, 0.717) is 10.7 Å². The van der Waals surface area contributed by atoms with Gasteiger partial charge in [0, 0.05) is 16.1 Å². The van der Waals surface area contributed by atoms with E-state index in [2.05, 4.69) is 21.2 Å². The molecule has 3 nitrogen and oxygen atoms in total. The number of anilines is 1. The topological polar surface area (TPSA) is 46.2 Å². The molecule has 1 rings (SSSR count). The van der Waals surface area contributed by atoms with Crippen LogP contribution in [-0.4, -0.2) is 15.5 Å². The molecule has 0 fully saturated rings. The van der Waals surface area contributed by atoms with E-state index >= 15 is 0 Å². The number of carbonyl (C=O) groups is 2. The van der Waals surface area contributed by atoms with E-state index in [9.17, 15) is 9.59 Å². The number of Topliss-reactive ketones (excluding diaryl/α,β-unsaturated/α-hetero) is 1. The standard InChI is InChI=1S/C13H14BrCl2NO2/c1-12(2,3)10(18)13(14,16)11(19)17-9-6-4-5-8(15)7-9/h4-7H,1-3H3,(H,17,19). The summed E-state index contributed by atoms with van der Waals surface area (Å²) in [5.41, 5.74) is -0.264. The number of ketones is 1. The quantitative estimate of drug-likeness (QED) is 0.642. The molecule has 1 aromatic rings. The fourth-order valence-corrected chi connectivity index (χ4v) is 2.56. The van der Waals surface area contributed by atoms with Gasteiger partial charge in [0.1, 0.15) is 0 Å². The molecule has 104 valence electrons. The lowest BCUT2D eigenvalue weighted by Gasteiger charge is -2.26. The Labute approximate surface area is 130 Å². The fourth-order valence-electron chi connectivity index (χ4n) is 1.35. The van der Waals surface area contributed by atoms with E-state index in [1.54, 1.807) is 45.0 Å². The molecule has 0 bridgehead atoms. The molecule has 1 unspecified atom stereocenters. The summed E-state index contributed by atoms with van der Waals surface area (Å²) in [6.07, 6.45) is 0. The molecule has 0 aliphatic rings. The van der Waals surface area contributed by atoms with Gasteiger partial charge in [-0.05, 0) is 34.1 Å². The fraction of sp³-hybridized carbons (Fsp3) is 0.385. The summed E-state index contributed by atoms with van der Waals surface area (Å²) in [5.74, 6) is -1.06. The lowest BCUT2D eigenvalue weighted by Crippen LogP contribution is -2.45. The first-order valence-electron chi connectivity index (χ1n) is 5.55. The van der Waals surface area contributed by atoms with E-state index in [0.717, 1.165) is 0 Å². The minimum Gasteiger partial charge on any atom is -0.323 e. The molecule has 0 spiro atoms. The molecule has 0 aliphatic carbocycles. The maximum Gasteiger partial charge on any atom is 0.264 e. The van der Waals surface area contributed by atoms with Crippen molar-refractivity contribution >= 4 is 56.5 Å². The lowest BCUT2D eigenvalue weighted by molar-refractivity contribution is -0.131. The molecule has 1 aromatic carbocycles. The average Bonchev–Trinajstić information content (AvgIpc) is 2.26. The van der Waals surface area contributed by atoms with Gasteiger partial charge < -0.3 is 5.32 Å². The number of amides is 1. The second-order valence-corrected chi connectivity index (χ2v) is 7.77. The summed E-state index contributed by atoms with van der Waals surface area (Å²) in [5, 5.41) is 3.03. The number of carbonyl (C=O) groups excluding carboxylic acids is 2. The predicted octanol–water partition coefficient (Wildman–Crippen LogP) is 4.22. The summed E-state index contributed by atoms with van der Waals surface area (Å²) in [4.78, 5) is 24.2. The van der Waals surface area contributed by atoms with Crippen LogP contribution < -0.4 is 5.32 Å². The van der Waals surface area contributed by atoms with Crippen LogP contribution in [0, 0.1) is 5.41 Å².